The number of β-lactam (4-membered cyclic amide) rings is 1. The Hall–Kier alpha value is -5.23. The molecule has 48 heavy (non-hydrogen) atoms. The summed E-state index contributed by atoms with van der Waals surface area (Å²) in [6.07, 6.45) is 0.419. The fourth-order valence-electron chi connectivity index (χ4n) is 5.85. The number of nitrogens with one attached hydrogen (secondary N) is 1. The third-order valence-corrected chi connectivity index (χ3v) is 9.27. The van der Waals surface area contributed by atoms with E-state index in [0.29, 0.717) is 29.8 Å². The molecule has 0 aromatic heterocycles. The van der Waals surface area contributed by atoms with E-state index < -0.39 is 47.1 Å². The largest absolute Gasteiger partial charge is 0.504 e. The predicted molar refractivity (Wildman–Crippen MR) is 179 cm³/mol. The number of aromatic hydroxyl groups is 2. The molecule has 2 fully saturated rings. The van der Waals surface area contributed by atoms with E-state index in [1.807, 2.05) is 60.7 Å². The maximum absolute atomic E-state index is 14.3. The van der Waals surface area contributed by atoms with E-state index >= 15 is 0 Å². The number of benzene rings is 3. The van der Waals surface area contributed by atoms with Gasteiger partial charge in [0.1, 0.15) is 17.0 Å². The van der Waals surface area contributed by atoms with Gasteiger partial charge in [0.2, 0.25) is 5.91 Å². The summed E-state index contributed by atoms with van der Waals surface area (Å²) in [5.74, 6) is -2.18. The van der Waals surface area contributed by atoms with Gasteiger partial charge in [-0.1, -0.05) is 60.7 Å². The van der Waals surface area contributed by atoms with Crippen molar-refractivity contribution < 1.29 is 38.9 Å². The van der Waals surface area contributed by atoms with Crippen LogP contribution in [0.3, 0.4) is 0 Å². The van der Waals surface area contributed by atoms with E-state index in [2.05, 4.69) is 5.32 Å². The van der Waals surface area contributed by atoms with Gasteiger partial charge in [-0.2, -0.15) is 0 Å². The first-order valence-corrected chi connectivity index (χ1v) is 16.4. The molecule has 0 unspecified atom stereocenters. The minimum absolute atomic E-state index is 0.301. The average molecular weight is 670 g/mol. The zero-order valence-electron chi connectivity index (χ0n) is 26.5. The smallest absolute Gasteiger partial charge is 0.408 e. The van der Waals surface area contributed by atoms with Crippen molar-refractivity contribution in [2.45, 2.75) is 56.4 Å². The van der Waals surface area contributed by atoms with Crippen molar-refractivity contribution in [2.24, 2.45) is 0 Å². The Balaban J connectivity index is 1.32. The molecule has 3 aromatic rings. The Morgan fingerprint density at radius 3 is 2.21 bits per heavy atom. The van der Waals surface area contributed by atoms with Crippen molar-refractivity contribution in [3.05, 3.63) is 113 Å². The summed E-state index contributed by atoms with van der Waals surface area (Å²) in [4.78, 5) is 56.9. The molecule has 3 amide bonds. The molecule has 6 rings (SSSR count). The van der Waals surface area contributed by atoms with Crippen molar-refractivity contribution in [3.8, 4) is 11.5 Å². The second-order valence-corrected chi connectivity index (χ2v) is 13.6. The molecule has 2 saturated heterocycles. The van der Waals surface area contributed by atoms with E-state index in [4.69, 9.17) is 9.47 Å². The molecule has 3 atom stereocenters. The molecular weight excluding hydrogens is 634 g/mol. The lowest BCUT2D eigenvalue weighted by Gasteiger charge is -2.51. The molecule has 248 valence electrons. The highest BCUT2D eigenvalue weighted by atomic mass is 32.2. The highest BCUT2D eigenvalue weighted by Crippen LogP contribution is 2.43. The number of phenols is 2. The number of carbonyl (C=O) groups is 4. The van der Waals surface area contributed by atoms with Crippen LogP contribution in [0.25, 0.3) is 0 Å². The predicted octanol–water partition coefficient (Wildman–Crippen LogP) is 5.15. The number of fused-ring (bicyclic) bond motifs is 1. The van der Waals surface area contributed by atoms with Crippen molar-refractivity contribution in [1.29, 1.82) is 0 Å². The van der Waals surface area contributed by atoms with E-state index in [0.717, 1.165) is 11.1 Å². The number of nitrogens with zero attached hydrogens (tertiary/aromatic N) is 2. The molecule has 3 N–H and O–H groups in total. The van der Waals surface area contributed by atoms with E-state index in [9.17, 15) is 29.4 Å². The topological polar surface area (TPSA) is 146 Å². The van der Waals surface area contributed by atoms with Crippen LogP contribution in [0.15, 0.2) is 101 Å². The van der Waals surface area contributed by atoms with Gasteiger partial charge in [0.15, 0.2) is 23.6 Å². The molecule has 3 aromatic carbocycles. The van der Waals surface area contributed by atoms with Gasteiger partial charge in [-0.15, -0.1) is 11.8 Å². The maximum atomic E-state index is 14.3. The van der Waals surface area contributed by atoms with Crippen molar-refractivity contribution in [3.63, 3.8) is 0 Å². The van der Waals surface area contributed by atoms with Crippen molar-refractivity contribution in [2.75, 3.05) is 11.4 Å². The van der Waals surface area contributed by atoms with Crippen LogP contribution >= 0.6 is 11.8 Å². The van der Waals surface area contributed by atoms with Gasteiger partial charge in [-0.3, -0.25) is 9.59 Å². The minimum atomic E-state index is -1.21. The number of thioether (sulfide) groups is 1. The second kappa shape index (κ2) is 13.1. The minimum Gasteiger partial charge on any atom is -0.504 e. The quantitative estimate of drug-likeness (QED) is 0.135. The summed E-state index contributed by atoms with van der Waals surface area (Å²) >= 11 is 1.25. The third kappa shape index (κ3) is 6.61. The van der Waals surface area contributed by atoms with Crippen LogP contribution in [-0.2, 0) is 23.9 Å². The summed E-state index contributed by atoms with van der Waals surface area (Å²) in [6.45, 7) is 5.47. The van der Waals surface area contributed by atoms with Crippen LogP contribution in [0, 0.1) is 0 Å². The first kappa shape index (κ1) is 32.7. The van der Waals surface area contributed by atoms with E-state index in [1.54, 1.807) is 32.3 Å². The summed E-state index contributed by atoms with van der Waals surface area (Å²) in [7, 11) is 0. The van der Waals surface area contributed by atoms with Crippen LogP contribution in [-0.4, -0.2) is 68.6 Å². The number of ether oxygens (including phenoxy) is 2. The monoisotopic (exact) mass is 669 g/mol. The maximum Gasteiger partial charge on any atom is 0.408 e. The molecular formula is C36H35N3O8S. The zero-order valence-corrected chi connectivity index (χ0v) is 27.3. The molecule has 0 spiro atoms. The number of hydrogen-bond donors (Lipinski definition) is 3. The van der Waals surface area contributed by atoms with Crippen molar-refractivity contribution in [1.82, 2.24) is 10.2 Å². The number of esters is 1. The van der Waals surface area contributed by atoms with Gasteiger partial charge in [0.25, 0.3) is 5.91 Å². The normalized spacial score (nSPS) is 21.5. The van der Waals surface area contributed by atoms with Gasteiger partial charge in [-0.05, 0) is 67.5 Å². The Morgan fingerprint density at radius 2 is 1.60 bits per heavy atom. The van der Waals surface area contributed by atoms with Crippen LogP contribution in [0.2, 0.25) is 0 Å². The van der Waals surface area contributed by atoms with Gasteiger partial charge in [0.05, 0.1) is 0 Å². The second-order valence-electron chi connectivity index (χ2n) is 12.6. The number of hydrogen-bond acceptors (Lipinski definition) is 9. The third-order valence-electron chi connectivity index (χ3n) is 8.09. The lowest BCUT2D eigenvalue weighted by atomic mass is 9.95. The molecule has 0 radical (unpaired) electrons. The van der Waals surface area contributed by atoms with Crippen LogP contribution in [0.4, 0.5) is 10.5 Å². The first-order chi connectivity index (χ1) is 22.9. The molecule has 0 saturated carbocycles. The van der Waals surface area contributed by atoms with E-state index in [1.165, 1.54) is 39.8 Å². The zero-order chi connectivity index (χ0) is 34.2. The summed E-state index contributed by atoms with van der Waals surface area (Å²) in [5.41, 5.74) is 1.89. The fraction of sp³-hybridized carbons (Fsp3) is 0.278. The van der Waals surface area contributed by atoms with E-state index in [-0.39, 0.29) is 17.4 Å². The summed E-state index contributed by atoms with van der Waals surface area (Å²) < 4.78 is 11.6. The lowest BCUT2D eigenvalue weighted by Crippen LogP contribution is -2.74. The average Bonchev–Trinajstić information content (AvgIpc) is 3.42. The molecule has 12 heteroatoms. The molecule has 3 heterocycles. The standard InChI is InChI=1S/C36H35N3O8S/c1-36(2,3)47-35(45)37-28-32(43)39-29(34(44)46-30(21-10-6-4-7-11-21)22-12-8-5-9-13-22)24(20-48-33(28)39)18-23-16-17-38(31(23)42)25-14-15-26(40)27(41)19-25/h4-15,18-20,28-30,33,40-41H,16-17H2,1-3H3,(H,37,45)/b23-18+/t28-,29-,33-/m1/s1. The van der Waals surface area contributed by atoms with Gasteiger partial charge in [0, 0.05) is 23.9 Å². The Kier molecular flexibility index (Phi) is 8.93. The van der Waals surface area contributed by atoms with Gasteiger partial charge < -0.3 is 34.8 Å². The number of rotatable bonds is 7. The number of alkyl carbamates (subject to hydrolysis) is 1. The molecule has 3 aliphatic heterocycles. The molecule has 3 aliphatic rings. The molecule has 11 nitrogen and oxygen atoms in total. The van der Waals surface area contributed by atoms with Crippen LogP contribution in [0.1, 0.15) is 44.4 Å². The SMILES string of the molecule is CC(C)(C)OC(=O)N[C@@H]1C(=O)N2[C@@H](C(=O)OC(c3ccccc3)c3ccccc3)C(/C=C3\CCN(c4ccc(O)c(O)c4)C3=O)=CS[C@H]12. The first-order valence-electron chi connectivity index (χ1n) is 15.4. The molecule has 0 aliphatic carbocycles. The van der Waals surface area contributed by atoms with Crippen LogP contribution < -0.4 is 10.2 Å². The number of phenolic OH excluding ortho intramolecular Hbond substituents is 2. The Labute approximate surface area is 281 Å². The highest BCUT2D eigenvalue weighted by molar-refractivity contribution is 8.03. The Bertz CT molecular complexity index is 1770. The van der Waals surface area contributed by atoms with Gasteiger partial charge >= 0.3 is 12.1 Å². The fourth-order valence-corrected chi connectivity index (χ4v) is 7.04. The molecule has 0 bridgehead atoms. The highest BCUT2D eigenvalue weighted by Gasteiger charge is 2.56. The van der Waals surface area contributed by atoms with Crippen LogP contribution in [0.5, 0.6) is 11.5 Å². The van der Waals surface area contributed by atoms with Gasteiger partial charge in [-0.25, -0.2) is 9.59 Å². The summed E-state index contributed by atoms with van der Waals surface area (Å²) in [6, 6.07) is 20.5. The number of carbonyl (C=O) groups excluding carboxylic acids is 4. The number of anilines is 1. The van der Waals surface area contributed by atoms with Crippen molar-refractivity contribution >= 4 is 41.3 Å². The Morgan fingerprint density at radius 1 is 0.958 bits per heavy atom. The lowest BCUT2D eigenvalue weighted by molar-refractivity contribution is -0.164. The summed E-state index contributed by atoms with van der Waals surface area (Å²) in [5, 5.41) is 23.4. The number of amides is 3.